The number of nitrogens with zero attached hydrogens (tertiary/aromatic N) is 2. The zero-order valence-corrected chi connectivity index (χ0v) is 14.0. The summed E-state index contributed by atoms with van der Waals surface area (Å²) in [4.78, 5) is 17.9. The summed E-state index contributed by atoms with van der Waals surface area (Å²) < 4.78 is 5.81. The molecule has 0 aliphatic carbocycles. The van der Waals surface area contributed by atoms with Crippen molar-refractivity contribution in [1.29, 1.82) is 0 Å². The normalized spacial score (nSPS) is 17.8. The molecule has 0 spiro atoms. The van der Waals surface area contributed by atoms with Gasteiger partial charge in [-0.05, 0) is 57.1 Å². The van der Waals surface area contributed by atoms with Gasteiger partial charge in [-0.3, -0.25) is 9.78 Å². The SMILES string of the molecule is CC(=O)C1CCN(C[C@@H](O)COc2cccc3ncccc23)CC1. The van der Waals surface area contributed by atoms with Crippen molar-refractivity contribution in [2.75, 3.05) is 26.2 Å². The standard InChI is InChI=1S/C19H24N2O3/c1-14(22)15-7-10-21(11-8-15)12-16(23)13-24-19-6-2-5-18-17(19)4-3-9-20-18/h2-6,9,15-16,23H,7-8,10-13H2,1H3/t16-/m1/s1. The number of ketones is 1. The first kappa shape index (κ1) is 16.9. The smallest absolute Gasteiger partial charge is 0.133 e. The van der Waals surface area contributed by atoms with Crippen LogP contribution >= 0.6 is 0 Å². The second-order valence-electron chi connectivity index (χ2n) is 6.48. The number of β-amino-alcohol motifs (C(OH)–C–C–N with tert-alkyl or cyclic N) is 1. The molecule has 1 N–H and O–H groups in total. The number of Topliss-reactive ketones (excluding diaryl/α,β-unsaturated/α-hetero) is 1. The van der Waals surface area contributed by atoms with Crippen molar-refractivity contribution in [2.24, 2.45) is 5.92 Å². The Morgan fingerprint density at radius 1 is 1.33 bits per heavy atom. The summed E-state index contributed by atoms with van der Waals surface area (Å²) >= 11 is 0. The molecule has 5 heteroatoms. The lowest BCUT2D eigenvalue weighted by atomic mass is 9.93. The van der Waals surface area contributed by atoms with Crippen LogP contribution in [0.25, 0.3) is 10.9 Å². The summed E-state index contributed by atoms with van der Waals surface area (Å²) in [5.41, 5.74) is 0.885. The van der Waals surface area contributed by atoms with Gasteiger partial charge in [-0.1, -0.05) is 6.07 Å². The van der Waals surface area contributed by atoms with Crippen LogP contribution in [-0.4, -0.2) is 53.1 Å². The number of carbonyl (C=O) groups is 1. The number of ether oxygens (including phenoxy) is 1. The summed E-state index contributed by atoms with van der Waals surface area (Å²) in [6.07, 6.45) is 2.98. The molecule has 2 heterocycles. The molecule has 2 aromatic rings. The Hall–Kier alpha value is -1.98. The first-order chi connectivity index (χ1) is 11.6. The van der Waals surface area contributed by atoms with E-state index in [0.717, 1.165) is 42.6 Å². The highest BCUT2D eigenvalue weighted by molar-refractivity contribution is 5.84. The van der Waals surface area contributed by atoms with Crippen LogP contribution in [0.5, 0.6) is 5.75 Å². The predicted molar refractivity (Wildman–Crippen MR) is 93.1 cm³/mol. The molecule has 0 bridgehead atoms. The van der Waals surface area contributed by atoms with E-state index in [-0.39, 0.29) is 18.3 Å². The highest BCUT2D eigenvalue weighted by Crippen LogP contribution is 2.24. The van der Waals surface area contributed by atoms with Gasteiger partial charge in [0.1, 0.15) is 24.2 Å². The number of hydrogen-bond acceptors (Lipinski definition) is 5. The molecular formula is C19H24N2O3. The van der Waals surface area contributed by atoms with E-state index in [1.54, 1.807) is 13.1 Å². The molecule has 0 unspecified atom stereocenters. The molecule has 1 aromatic carbocycles. The maximum absolute atomic E-state index is 11.4. The molecule has 1 atom stereocenters. The fraction of sp³-hybridized carbons (Fsp3) is 0.474. The van der Waals surface area contributed by atoms with Gasteiger partial charge in [0.25, 0.3) is 0 Å². The number of fused-ring (bicyclic) bond motifs is 1. The van der Waals surface area contributed by atoms with Crippen molar-refractivity contribution in [3.63, 3.8) is 0 Å². The number of benzene rings is 1. The number of aromatic nitrogens is 1. The summed E-state index contributed by atoms with van der Waals surface area (Å²) in [5, 5.41) is 11.2. The lowest BCUT2D eigenvalue weighted by Gasteiger charge is -2.32. The van der Waals surface area contributed by atoms with Crippen molar-refractivity contribution < 1.29 is 14.6 Å². The zero-order chi connectivity index (χ0) is 16.9. The number of pyridine rings is 1. The predicted octanol–water partition coefficient (Wildman–Crippen LogP) is 2.28. The quantitative estimate of drug-likeness (QED) is 0.881. The van der Waals surface area contributed by atoms with Crippen molar-refractivity contribution >= 4 is 16.7 Å². The second-order valence-corrected chi connectivity index (χ2v) is 6.48. The van der Waals surface area contributed by atoms with Gasteiger partial charge in [0.15, 0.2) is 0 Å². The van der Waals surface area contributed by atoms with E-state index in [1.807, 2.05) is 30.3 Å². The number of rotatable bonds is 6. The van der Waals surface area contributed by atoms with E-state index in [9.17, 15) is 9.90 Å². The van der Waals surface area contributed by atoms with Gasteiger partial charge in [-0.2, -0.15) is 0 Å². The number of carbonyl (C=O) groups excluding carboxylic acids is 1. The fourth-order valence-electron chi connectivity index (χ4n) is 3.26. The van der Waals surface area contributed by atoms with E-state index in [4.69, 9.17) is 4.74 Å². The average Bonchev–Trinajstić information content (AvgIpc) is 2.60. The van der Waals surface area contributed by atoms with E-state index >= 15 is 0 Å². The van der Waals surface area contributed by atoms with Crippen LogP contribution in [0.2, 0.25) is 0 Å². The third-order valence-electron chi connectivity index (χ3n) is 4.67. The Morgan fingerprint density at radius 2 is 2.12 bits per heavy atom. The molecule has 1 fully saturated rings. The van der Waals surface area contributed by atoms with Crippen LogP contribution in [0.15, 0.2) is 36.5 Å². The zero-order valence-electron chi connectivity index (χ0n) is 14.0. The molecule has 0 amide bonds. The van der Waals surface area contributed by atoms with Crippen LogP contribution in [0.3, 0.4) is 0 Å². The maximum Gasteiger partial charge on any atom is 0.133 e. The third-order valence-corrected chi connectivity index (χ3v) is 4.67. The fourth-order valence-corrected chi connectivity index (χ4v) is 3.26. The molecular weight excluding hydrogens is 304 g/mol. The average molecular weight is 328 g/mol. The monoisotopic (exact) mass is 328 g/mol. The van der Waals surface area contributed by atoms with Crippen molar-refractivity contribution in [3.05, 3.63) is 36.5 Å². The molecule has 1 saturated heterocycles. The van der Waals surface area contributed by atoms with Crippen molar-refractivity contribution in [2.45, 2.75) is 25.9 Å². The number of hydrogen-bond donors (Lipinski definition) is 1. The molecule has 3 rings (SSSR count). The lowest BCUT2D eigenvalue weighted by Crippen LogP contribution is -2.41. The molecule has 128 valence electrons. The minimum atomic E-state index is -0.550. The van der Waals surface area contributed by atoms with Crippen LogP contribution in [0.4, 0.5) is 0 Å². The van der Waals surface area contributed by atoms with Gasteiger partial charge in [0.2, 0.25) is 0 Å². The third kappa shape index (κ3) is 4.10. The largest absolute Gasteiger partial charge is 0.490 e. The number of piperidine rings is 1. The summed E-state index contributed by atoms with van der Waals surface area (Å²) in [6.45, 7) is 4.22. The van der Waals surface area contributed by atoms with Crippen LogP contribution in [-0.2, 0) is 4.79 Å². The van der Waals surface area contributed by atoms with E-state index in [2.05, 4.69) is 9.88 Å². The first-order valence-corrected chi connectivity index (χ1v) is 8.51. The topological polar surface area (TPSA) is 62.7 Å². The van der Waals surface area contributed by atoms with Crippen LogP contribution < -0.4 is 4.74 Å². The second kappa shape index (κ2) is 7.73. The number of aliphatic hydroxyl groups is 1. The number of aliphatic hydroxyl groups excluding tert-OH is 1. The summed E-state index contributed by atoms with van der Waals surface area (Å²) in [5.74, 6) is 1.22. The Kier molecular flexibility index (Phi) is 5.43. The Morgan fingerprint density at radius 3 is 2.88 bits per heavy atom. The van der Waals surface area contributed by atoms with Gasteiger partial charge in [-0.15, -0.1) is 0 Å². The Labute approximate surface area is 142 Å². The minimum Gasteiger partial charge on any atom is -0.490 e. The number of likely N-dealkylation sites (tertiary alicyclic amines) is 1. The maximum atomic E-state index is 11.4. The molecule has 1 aliphatic heterocycles. The van der Waals surface area contributed by atoms with E-state index < -0.39 is 6.10 Å². The van der Waals surface area contributed by atoms with Gasteiger partial charge < -0.3 is 14.7 Å². The summed E-state index contributed by atoms with van der Waals surface area (Å²) in [6, 6.07) is 9.60. The first-order valence-electron chi connectivity index (χ1n) is 8.51. The Bertz CT molecular complexity index is 691. The van der Waals surface area contributed by atoms with E-state index in [1.165, 1.54) is 0 Å². The molecule has 5 nitrogen and oxygen atoms in total. The minimum absolute atomic E-state index is 0.192. The highest BCUT2D eigenvalue weighted by Gasteiger charge is 2.23. The van der Waals surface area contributed by atoms with Crippen molar-refractivity contribution in [1.82, 2.24) is 9.88 Å². The molecule has 0 saturated carbocycles. The van der Waals surface area contributed by atoms with E-state index in [0.29, 0.717) is 6.54 Å². The molecule has 24 heavy (non-hydrogen) atoms. The molecule has 0 radical (unpaired) electrons. The van der Waals surface area contributed by atoms with Crippen LogP contribution in [0, 0.1) is 5.92 Å². The summed E-state index contributed by atoms with van der Waals surface area (Å²) in [7, 11) is 0. The van der Waals surface area contributed by atoms with Crippen molar-refractivity contribution in [3.8, 4) is 5.75 Å². The van der Waals surface area contributed by atoms with Crippen LogP contribution in [0.1, 0.15) is 19.8 Å². The Balaban J connectivity index is 1.51. The lowest BCUT2D eigenvalue weighted by molar-refractivity contribution is -0.122. The van der Waals surface area contributed by atoms with Gasteiger partial charge in [0.05, 0.1) is 5.52 Å². The highest BCUT2D eigenvalue weighted by atomic mass is 16.5. The molecule has 1 aromatic heterocycles. The van der Waals surface area contributed by atoms with Gasteiger partial charge >= 0.3 is 0 Å². The van der Waals surface area contributed by atoms with Gasteiger partial charge in [0, 0.05) is 24.0 Å². The van der Waals surface area contributed by atoms with Gasteiger partial charge in [-0.25, -0.2) is 0 Å². The molecule has 1 aliphatic rings.